The molecule has 0 aliphatic carbocycles. The molecule has 2 amide bonds. The van der Waals surface area contributed by atoms with Gasteiger partial charge in [-0.3, -0.25) is 13.9 Å². The third-order valence-electron chi connectivity index (χ3n) is 5.51. The Morgan fingerprint density at radius 2 is 1.76 bits per heavy atom. The van der Waals surface area contributed by atoms with E-state index in [1.54, 1.807) is 31.2 Å². The number of halogens is 2. The van der Waals surface area contributed by atoms with Crippen molar-refractivity contribution in [1.29, 1.82) is 0 Å². The molecule has 0 radical (unpaired) electrons. The number of rotatable bonds is 11. The van der Waals surface area contributed by atoms with E-state index in [9.17, 15) is 22.4 Å². The second-order valence-electron chi connectivity index (χ2n) is 9.82. The maximum Gasteiger partial charge on any atom is 0.242 e. The Labute approximate surface area is 223 Å². The SMILES string of the molecule is COc1ccc(N(CCCC(=O)N(Cc2ccc(F)cc2)[C@H](C)C(=O)NC(C)(C)C)S(C)(=O)=O)cc1Cl. The number of ether oxygens (including phenoxy) is 1. The summed E-state index contributed by atoms with van der Waals surface area (Å²) >= 11 is 6.18. The van der Waals surface area contributed by atoms with Crippen LogP contribution in [-0.2, 0) is 26.2 Å². The lowest BCUT2D eigenvalue weighted by molar-refractivity contribution is -0.141. The van der Waals surface area contributed by atoms with Gasteiger partial charge in [0.15, 0.2) is 0 Å². The molecule has 2 aromatic carbocycles. The Bertz CT molecular complexity index is 1200. The first kappa shape index (κ1) is 30.4. The highest BCUT2D eigenvalue weighted by molar-refractivity contribution is 7.92. The second-order valence-corrected chi connectivity index (χ2v) is 12.1. The van der Waals surface area contributed by atoms with E-state index in [2.05, 4.69) is 5.32 Å². The molecule has 1 N–H and O–H groups in total. The summed E-state index contributed by atoms with van der Waals surface area (Å²) in [6.07, 6.45) is 1.26. The van der Waals surface area contributed by atoms with Crippen LogP contribution >= 0.6 is 11.6 Å². The molecule has 0 bridgehead atoms. The van der Waals surface area contributed by atoms with E-state index < -0.39 is 27.4 Å². The molecule has 0 aliphatic heterocycles. The molecule has 0 heterocycles. The van der Waals surface area contributed by atoms with Crippen LogP contribution in [0, 0.1) is 5.82 Å². The van der Waals surface area contributed by atoms with Crippen molar-refractivity contribution in [3.05, 3.63) is 58.9 Å². The molecule has 1 atom stereocenters. The van der Waals surface area contributed by atoms with Crippen LogP contribution < -0.4 is 14.4 Å². The van der Waals surface area contributed by atoms with Gasteiger partial charge in [0.25, 0.3) is 0 Å². The standard InChI is InChI=1S/C26H35ClFN3O5S/c1-18(25(33)29-26(2,3)4)30(17-19-9-11-20(28)12-10-19)24(32)8-7-15-31(37(6,34)35)21-13-14-23(36-5)22(27)16-21/h9-14,16,18H,7-8,15,17H2,1-6H3,(H,29,33)/t18-/m1/s1. The summed E-state index contributed by atoms with van der Waals surface area (Å²) in [6, 6.07) is 9.54. The highest BCUT2D eigenvalue weighted by atomic mass is 35.5. The fraction of sp³-hybridized carbons (Fsp3) is 0.462. The lowest BCUT2D eigenvalue weighted by atomic mass is 10.1. The molecular formula is C26H35ClFN3O5S. The van der Waals surface area contributed by atoms with E-state index in [1.807, 2.05) is 20.8 Å². The van der Waals surface area contributed by atoms with Crippen LogP contribution in [0.15, 0.2) is 42.5 Å². The van der Waals surface area contributed by atoms with Gasteiger partial charge in [0.05, 0.1) is 24.1 Å². The van der Waals surface area contributed by atoms with Crippen molar-refractivity contribution >= 4 is 39.1 Å². The first-order valence-electron chi connectivity index (χ1n) is 11.8. The number of benzene rings is 2. The van der Waals surface area contributed by atoms with Crippen LogP contribution in [0.3, 0.4) is 0 Å². The second kappa shape index (κ2) is 12.6. The van der Waals surface area contributed by atoms with Gasteiger partial charge >= 0.3 is 0 Å². The number of nitrogens with zero attached hydrogens (tertiary/aromatic N) is 2. The minimum atomic E-state index is -3.67. The molecule has 0 aliphatic rings. The first-order chi connectivity index (χ1) is 17.1. The number of carbonyl (C=O) groups is 2. The van der Waals surface area contributed by atoms with Crippen molar-refractivity contribution in [2.45, 2.75) is 58.7 Å². The number of hydrogen-bond donors (Lipinski definition) is 1. The number of carbonyl (C=O) groups excluding carboxylic acids is 2. The Morgan fingerprint density at radius 3 is 2.27 bits per heavy atom. The molecule has 204 valence electrons. The predicted octanol–water partition coefficient (Wildman–Crippen LogP) is 4.37. The van der Waals surface area contributed by atoms with Crippen LogP contribution in [0.25, 0.3) is 0 Å². The average molecular weight is 556 g/mol. The van der Waals surface area contributed by atoms with Gasteiger partial charge in [-0.15, -0.1) is 0 Å². The van der Waals surface area contributed by atoms with Gasteiger partial charge in [-0.25, -0.2) is 12.8 Å². The van der Waals surface area contributed by atoms with E-state index in [4.69, 9.17) is 16.3 Å². The van der Waals surface area contributed by atoms with E-state index in [1.165, 1.54) is 34.5 Å². The zero-order valence-corrected chi connectivity index (χ0v) is 23.6. The molecule has 2 rings (SSSR count). The van der Waals surface area contributed by atoms with E-state index in [-0.39, 0.29) is 42.8 Å². The number of sulfonamides is 1. The summed E-state index contributed by atoms with van der Waals surface area (Å²) in [6.45, 7) is 7.28. The Morgan fingerprint density at radius 1 is 1.14 bits per heavy atom. The smallest absolute Gasteiger partial charge is 0.242 e. The lowest BCUT2D eigenvalue weighted by Crippen LogP contribution is -2.52. The van der Waals surface area contributed by atoms with Crippen LogP contribution in [-0.4, -0.2) is 56.6 Å². The highest BCUT2D eigenvalue weighted by Crippen LogP contribution is 2.30. The van der Waals surface area contributed by atoms with Crippen molar-refractivity contribution in [3.8, 4) is 5.75 Å². The van der Waals surface area contributed by atoms with Crippen LogP contribution in [0.4, 0.5) is 10.1 Å². The number of nitrogens with one attached hydrogen (secondary N) is 1. The van der Waals surface area contributed by atoms with Crippen molar-refractivity contribution in [2.24, 2.45) is 0 Å². The van der Waals surface area contributed by atoms with Gasteiger partial charge in [-0.1, -0.05) is 23.7 Å². The van der Waals surface area contributed by atoms with Crippen LogP contribution in [0.1, 0.15) is 46.1 Å². The number of amides is 2. The Balaban J connectivity index is 2.20. The molecular weight excluding hydrogens is 521 g/mol. The highest BCUT2D eigenvalue weighted by Gasteiger charge is 2.28. The van der Waals surface area contributed by atoms with Gasteiger partial charge < -0.3 is 15.0 Å². The normalized spacial score (nSPS) is 12.5. The quantitative estimate of drug-likeness (QED) is 0.444. The van der Waals surface area contributed by atoms with Crippen molar-refractivity contribution in [1.82, 2.24) is 10.2 Å². The van der Waals surface area contributed by atoms with Gasteiger partial charge in [-0.2, -0.15) is 0 Å². The fourth-order valence-corrected chi connectivity index (χ4v) is 4.87. The zero-order valence-electron chi connectivity index (χ0n) is 22.0. The van der Waals surface area contributed by atoms with Crippen LogP contribution in [0.5, 0.6) is 5.75 Å². The minimum Gasteiger partial charge on any atom is -0.495 e. The summed E-state index contributed by atoms with van der Waals surface area (Å²) in [4.78, 5) is 27.6. The summed E-state index contributed by atoms with van der Waals surface area (Å²) in [5.41, 5.74) is 0.517. The van der Waals surface area contributed by atoms with Crippen molar-refractivity contribution < 1.29 is 27.1 Å². The third-order valence-corrected chi connectivity index (χ3v) is 7.00. The first-order valence-corrected chi connectivity index (χ1v) is 14.0. The maximum absolute atomic E-state index is 13.4. The largest absolute Gasteiger partial charge is 0.495 e. The minimum absolute atomic E-state index is 0.00968. The summed E-state index contributed by atoms with van der Waals surface area (Å²) in [7, 11) is -2.21. The molecule has 37 heavy (non-hydrogen) atoms. The number of hydrogen-bond acceptors (Lipinski definition) is 5. The van der Waals surface area contributed by atoms with Gasteiger partial charge in [-0.05, 0) is 70.0 Å². The fourth-order valence-electron chi connectivity index (χ4n) is 3.66. The van der Waals surface area contributed by atoms with Crippen molar-refractivity contribution in [3.63, 3.8) is 0 Å². The molecule has 11 heteroatoms. The van der Waals surface area contributed by atoms with Crippen molar-refractivity contribution in [2.75, 3.05) is 24.2 Å². The number of anilines is 1. The van der Waals surface area contributed by atoms with E-state index in [0.29, 0.717) is 17.0 Å². The summed E-state index contributed by atoms with van der Waals surface area (Å²) in [5, 5.41) is 3.13. The molecule has 0 unspecified atom stereocenters. The third kappa shape index (κ3) is 9.19. The molecule has 8 nitrogen and oxygen atoms in total. The maximum atomic E-state index is 13.4. The van der Waals surface area contributed by atoms with Gasteiger partial charge in [0, 0.05) is 25.0 Å². The Kier molecular flexibility index (Phi) is 10.3. The van der Waals surface area contributed by atoms with Gasteiger partial charge in [0.1, 0.15) is 17.6 Å². The summed E-state index contributed by atoms with van der Waals surface area (Å²) < 4.78 is 44.6. The van der Waals surface area contributed by atoms with E-state index >= 15 is 0 Å². The van der Waals surface area contributed by atoms with Gasteiger partial charge in [0.2, 0.25) is 21.8 Å². The molecule has 0 saturated carbocycles. The topological polar surface area (TPSA) is 96.0 Å². The van der Waals surface area contributed by atoms with Crippen LogP contribution in [0.2, 0.25) is 5.02 Å². The van der Waals surface area contributed by atoms with E-state index in [0.717, 1.165) is 6.26 Å². The molecule has 0 aromatic heterocycles. The molecule has 2 aromatic rings. The zero-order chi connectivity index (χ0) is 28.0. The molecule has 0 spiro atoms. The predicted molar refractivity (Wildman–Crippen MR) is 144 cm³/mol. The molecule has 0 saturated heterocycles. The summed E-state index contributed by atoms with van der Waals surface area (Å²) in [5.74, 6) is -0.650. The Hall–Kier alpha value is -2.85. The molecule has 0 fully saturated rings. The number of methoxy groups -OCH3 is 1. The average Bonchev–Trinajstić information content (AvgIpc) is 2.79. The lowest BCUT2D eigenvalue weighted by Gasteiger charge is -2.32. The monoisotopic (exact) mass is 555 g/mol.